The third-order valence-electron chi connectivity index (χ3n) is 2.33. The van der Waals surface area contributed by atoms with Gasteiger partial charge in [-0.05, 0) is 6.07 Å². The molecule has 0 fully saturated rings. The molecule has 0 atom stereocenters. The molecule has 0 spiro atoms. The van der Waals surface area contributed by atoms with Crippen LogP contribution in [0.15, 0.2) is 18.2 Å². The van der Waals surface area contributed by atoms with Crippen molar-refractivity contribution in [2.24, 2.45) is 5.73 Å². The lowest BCUT2D eigenvalue weighted by Gasteiger charge is -2.15. The second kappa shape index (κ2) is 6.96. The number of carbonyl (C=O) groups is 1. The van der Waals surface area contributed by atoms with Gasteiger partial charge in [0.05, 0.1) is 23.6 Å². The van der Waals surface area contributed by atoms with Gasteiger partial charge in [0.15, 0.2) is 0 Å². The van der Waals surface area contributed by atoms with Crippen LogP contribution in [0.3, 0.4) is 0 Å². The van der Waals surface area contributed by atoms with Crippen LogP contribution in [-0.2, 0) is 0 Å². The first-order valence-corrected chi connectivity index (χ1v) is 5.17. The van der Waals surface area contributed by atoms with Gasteiger partial charge in [0.2, 0.25) is 0 Å². The molecule has 10 heteroatoms. The summed E-state index contributed by atoms with van der Waals surface area (Å²) in [7, 11) is 0. The third kappa shape index (κ3) is 4.28. The standard InChI is InChI=1S/C10H12F2N4O3.ClH/c11-10(12,4-13)5-15-9(17)6-2-1-3-7(8(6)14)16(18)19;/h1-3H,4-5,13-14H2,(H,15,17);1H. The van der Waals surface area contributed by atoms with E-state index in [0.717, 1.165) is 6.07 Å². The van der Waals surface area contributed by atoms with Crippen LogP contribution in [0.5, 0.6) is 0 Å². The van der Waals surface area contributed by atoms with Gasteiger partial charge < -0.3 is 16.8 Å². The molecule has 1 aromatic carbocycles. The molecule has 0 bridgehead atoms. The van der Waals surface area contributed by atoms with Crippen molar-refractivity contribution in [3.63, 3.8) is 0 Å². The van der Waals surface area contributed by atoms with Gasteiger partial charge in [-0.25, -0.2) is 8.78 Å². The number of nitrogens with two attached hydrogens (primary N) is 2. The normalized spacial score (nSPS) is 10.6. The van der Waals surface area contributed by atoms with Gasteiger partial charge in [0, 0.05) is 6.07 Å². The summed E-state index contributed by atoms with van der Waals surface area (Å²) >= 11 is 0. The number of rotatable bonds is 5. The van der Waals surface area contributed by atoms with Crippen LogP contribution in [0, 0.1) is 10.1 Å². The molecule has 0 radical (unpaired) electrons. The van der Waals surface area contributed by atoms with E-state index >= 15 is 0 Å². The molecular weight excluding hydrogens is 298 g/mol. The number of anilines is 1. The molecule has 0 aromatic heterocycles. The van der Waals surface area contributed by atoms with Crippen molar-refractivity contribution in [1.82, 2.24) is 5.32 Å². The highest BCUT2D eigenvalue weighted by Crippen LogP contribution is 2.24. The fourth-order valence-electron chi connectivity index (χ4n) is 1.29. The third-order valence-corrected chi connectivity index (χ3v) is 2.33. The zero-order valence-electron chi connectivity index (χ0n) is 10.1. The van der Waals surface area contributed by atoms with Crippen LogP contribution in [-0.4, -0.2) is 29.8 Å². The van der Waals surface area contributed by atoms with Crippen molar-refractivity contribution in [3.05, 3.63) is 33.9 Å². The maximum Gasteiger partial charge on any atom is 0.292 e. The second-order valence-electron chi connectivity index (χ2n) is 3.74. The van der Waals surface area contributed by atoms with Crippen LogP contribution in [0.4, 0.5) is 20.2 Å². The summed E-state index contributed by atoms with van der Waals surface area (Å²) in [6, 6.07) is 3.56. The molecular formula is C10H13ClF2N4O3. The quantitative estimate of drug-likeness (QED) is 0.424. The first-order chi connectivity index (χ1) is 8.78. The van der Waals surface area contributed by atoms with Gasteiger partial charge in [0.25, 0.3) is 17.5 Å². The fraction of sp³-hybridized carbons (Fsp3) is 0.300. The molecule has 0 saturated carbocycles. The highest BCUT2D eigenvalue weighted by atomic mass is 35.5. The average Bonchev–Trinajstić information content (AvgIpc) is 2.36. The molecule has 7 nitrogen and oxygen atoms in total. The number of nitrogen functional groups attached to an aromatic ring is 1. The number of benzene rings is 1. The number of amides is 1. The number of carbonyl (C=O) groups excluding carboxylic acids is 1. The maximum absolute atomic E-state index is 12.9. The van der Waals surface area contributed by atoms with Crippen molar-refractivity contribution in [3.8, 4) is 0 Å². The predicted molar refractivity (Wildman–Crippen MR) is 71.1 cm³/mol. The van der Waals surface area contributed by atoms with Crippen LogP contribution in [0.1, 0.15) is 10.4 Å². The Labute approximate surface area is 118 Å². The van der Waals surface area contributed by atoms with E-state index < -0.39 is 35.5 Å². The summed E-state index contributed by atoms with van der Waals surface area (Å²) in [5.74, 6) is -4.17. The van der Waals surface area contributed by atoms with Crippen LogP contribution < -0.4 is 16.8 Å². The van der Waals surface area contributed by atoms with Crippen LogP contribution in [0.2, 0.25) is 0 Å². The van der Waals surface area contributed by atoms with E-state index in [2.05, 4.69) is 0 Å². The number of nitro groups is 1. The first kappa shape index (κ1) is 18.0. The van der Waals surface area contributed by atoms with Crippen molar-refractivity contribution in [2.45, 2.75) is 5.92 Å². The van der Waals surface area contributed by atoms with Gasteiger partial charge in [-0.15, -0.1) is 12.4 Å². The summed E-state index contributed by atoms with van der Waals surface area (Å²) in [5.41, 5.74) is 9.18. The zero-order chi connectivity index (χ0) is 14.6. The lowest BCUT2D eigenvalue weighted by atomic mass is 10.1. The van der Waals surface area contributed by atoms with E-state index in [9.17, 15) is 23.7 Å². The molecule has 1 aromatic rings. The summed E-state index contributed by atoms with van der Waals surface area (Å²) in [6.07, 6.45) is 0. The lowest BCUT2D eigenvalue weighted by molar-refractivity contribution is -0.383. The molecule has 0 saturated heterocycles. The molecule has 0 unspecified atom stereocenters. The molecule has 112 valence electrons. The summed E-state index contributed by atoms with van der Waals surface area (Å²) in [5, 5.41) is 12.5. The average molecular weight is 311 g/mol. The summed E-state index contributed by atoms with van der Waals surface area (Å²) < 4.78 is 25.7. The topological polar surface area (TPSA) is 124 Å². The fourth-order valence-corrected chi connectivity index (χ4v) is 1.29. The smallest absolute Gasteiger partial charge is 0.292 e. The van der Waals surface area contributed by atoms with Crippen molar-refractivity contribution in [1.29, 1.82) is 0 Å². The molecule has 1 amide bonds. The van der Waals surface area contributed by atoms with Crippen molar-refractivity contribution < 1.29 is 18.5 Å². The molecule has 0 heterocycles. The molecule has 5 N–H and O–H groups in total. The van der Waals surface area contributed by atoms with E-state index in [0.29, 0.717) is 0 Å². The minimum Gasteiger partial charge on any atom is -0.393 e. The Morgan fingerprint density at radius 3 is 2.55 bits per heavy atom. The predicted octanol–water partition coefficient (Wildman–Crippen LogP) is 0.923. The van der Waals surface area contributed by atoms with Crippen molar-refractivity contribution >= 4 is 29.7 Å². The molecule has 0 aliphatic carbocycles. The summed E-state index contributed by atoms with van der Waals surface area (Å²) in [6.45, 7) is -1.89. The minimum atomic E-state index is -3.24. The van der Waals surface area contributed by atoms with E-state index in [1.54, 1.807) is 0 Å². The Morgan fingerprint density at radius 1 is 1.45 bits per heavy atom. The number of hydrogen-bond acceptors (Lipinski definition) is 5. The van der Waals surface area contributed by atoms with Gasteiger partial charge >= 0.3 is 0 Å². The minimum absolute atomic E-state index is 0. The van der Waals surface area contributed by atoms with Crippen LogP contribution in [0.25, 0.3) is 0 Å². The number of alkyl halides is 2. The number of para-hydroxylation sites is 1. The largest absolute Gasteiger partial charge is 0.393 e. The lowest BCUT2D eigenvalue weighted by Crippen LogP contribution is -2.41. The number of nitrogens with one attached hydrogen (secondary N) is 1. The molecule has 20 heavy (non-hydrogen) atoms. The van der Waals surface area contributed by atoms with Gasteiger partial charge in [-0.1, -0.05) is 6.07 Å². The van der Waals surface area contributed by atoms with Gasteiger partial charge in [0.1, 0.15) is 5.69 Å². The first-order valence-electron chi connectivity index (χ1n) is 5.17. The Morgan fingerprint density at radius 2 is 2.05 bits per heavy atom. The molecule has 0 aliphatic heterocycles. The van der Waals surface area contributed by atoms with Gasteiger partial charge in [-0.3, -0.25) is 14.9 Å². The number of nitrogens with zero attached hydrogens (tertiary/aromatic N) is 1. The zero-order valence-corrected chi connectivity index (χ0v) is 11.0. The van der Waals surface area contributed by atoms with E-state index in [1.807, 2.05) is 5.32 Å². The highest BCUT2D eigenvalue weighted by molar-refractivity contribution is 6.01. The van der Waals surface area contributed by atoms with Crippen LogP contribution >= 0.6 is 12.4 Å². The monoisotopic (exact) mass is 310 g/mol. The Kier molecular flexibility index (Phi) is 6.27. The Balaban J connectivity index is 0.00000361. The summed E-state index contributed by atoms with van der Waals surface area (Å²) in [4.78, 5) is 21.5. The molecule has 0 aliphatic rings. The molecule has 1 rings (SSSR count). The number of halogens is 3. The number of nitro benzene ring substituents is 1. The maximum atomic E-state index is 12.9. The Hall–Kier alpha value is -2.00. The van der Waals surface area contributed by atoms with Crippen molar-refractivity contribution in [2.75, 3.05) is 18.8 Å². The Bertz CT molecular complexity index is 513. The highest BCUT2D eigenvalue weighted by Gasteiger charge is 2.28. The number of hydrogen-bond donors (Lipinski definition) is 3. The van der Waals surface area contributed by atoms with Gasteiger partial charge in [-0.2, -0.15) is 0 Å². The van der Waals surface area contributed by atoms with E-state index in [-0.39, 0.29) is 23.7 Å². The van der Waals surface area contributed by atoms with E-state index in [1.165, 1.54) is 12.1 Å². The SMILES string of the molecule is Cl.NCC(F)(F)CNC(=O)c1cccc([N+](=O)[O-])c1N. The second-order valence-corrected chi connectivity index (χ2v) is 3.74. The van der Waals surface area contributed by atoms with E-state index in [4.69, 9.17) is 11.5 Å².